The fraction of sp³-hybridized carbons (Fsp3) is 0.458. The lowest BCUT2D eigenvalue weighted by molar-refractivity contribution is 0.0630. The van der Waals surface area contributed by atoms with Crippen molar-refractivity contribution in [3.8, 4) is 11.5 Å². The van der Waals surface area contributed by atoms with E-state index in [2.05, 4.69) is 16.8 Å². The third kappa shape index (κ3) is 4.62. The highest BCUT2D eigenvalue weighted by molar-refractivity contribution is 5.98. The van der Waals surface area contributed by atoms with Crippen LogP contribution in [0.2, 0.25) is 0 Å². The first-order valence-electron chi connectivity index (χ1n) is 10.5. The minimum atomic E-state index is 0.120. The first-order valence-corrected chi connectivity index (χ1v) is 10.5. The highest BCUT2D eigenvalue weighted by Crippen LogP contribution is 2.27. The third-order valence-corrected chi connectivity index (χ3v) is 6.15. The van der Waals surface area contributed by atoms with Crippen LogP contribution in [0.1, 0.15) is 36.0 Å². The molecule has 0 spiro atoms. The number of hydrogen-bond acceptors (Lipinski definition) is 4. The minimum Gasteiger partial charge on any atom is -0.457 e. The van der Waals surface area contributed by atoms with Gasteiger partial charge in [0.25, 0.3) is 0 Å². The molecule has 0 bridgehead atoms. The van der Waals surface area contributed by atoms with E-state index in [4.69, 9.17) is 4.74 Å². The zero-order chi connectivity index (χ0) is 19.3. The zero-order valence-corrected chi connectivity index (χ0v) is 16.7. The van der Waals surface area contributed by atoms with Crippen LogP contribution in [0.15, 0.2) is 54.6 Å². The number of nitrogens with zero attached hydrogens (tertiary/aromatic N) is 2. The molecular formula is C24H30N2O2. The molecule has 0 unspecified atom stereocenters. The molecule has 2 aromatic rings. The first-order chi connectivity index (χ1) is 13.7. The fourth-order valence-corrected chi connectivity index (χ4v) is 4.46. The molecule has 0 aliphatic carbocycles. The number of rotatable bonds is 5. The third-order valence-electron chi connectivity index (χ3n) is 6.15. The number of ketones is 1. The summed E-state index contributed by atoms with van der Waals surface area (Å²) in [4.78, 5) is 18.1. The molecule has 148 valence electrons. The number of carbonyl (C=O) groups is 1. The summed E-state index contributed by atoms with van der Waals surface area (Å²) in [5.41, 5.74) is 0.802. The molecule has 4 heteroatoms. The van der Waals surface area contributed by atoms with Gasteiger partial charge in [-0.1, -0.05) is 18.2 Å². The lowest BCUT2D eigenvalue weighted by Crippen LogP contribution is -2.48. The van der Waals surface area contributed by atoms with Crippen molar-refractivity contribution in [3.63, 3.8) is 0 Å². The van der Waals surface area contributed by atoms with Gasteiger partial charge in [0, 0.05) is 24.1 Å². The van der Waals surface area contributed by atoms with Crippen LogP contribution in [0.4, 0.5) is 0 Å². The van der Waals surface area contributed by atoms with Gasteiger partial charge in [-0.25, -0.2) is 0 Å². The van der Waals surface area contributed by atoms with Gasteiger partial charge in [0.15, 0.2) is 5.78 Å². The SMILES string of the molecule is CN1CCC(N2CCC[C@H](C(=O)c3ccc(Oc4ccccc4)cc3)C2)CC1. The number of piperidine rings is 2. The second-order valence-electron chi connectivity index (χ2n) is 8.17. The van der Waals surface area contributed by atoms with Crippen molar-refractivity contribution in [3.05, 3.63) is 60.2 Å². The smallest absolute Gasteiger partial charge is 0.167 e. The number of benzene rings is 2. The molecule has 2 fully saturated rings. The van der Waals surface area contributed by atoms with Gasteiger partial charge >= 0.3 is 0 Å². The van der Waals surface area contributed by atoms with E-state index >= 15 is 0 Å². The molecule has 2 heterocycles. The van der Waals surface area contributed by atoms with Crippen molar-refractivity contribution < 1.29 is 9.53 Å². The number of likely N-dealkylation sites (tertiary alicyclic amines) is 2. The summed E-state index contributed by atoms with van der Waals surface area (Å²) < 4.78 is 5.84. The first kappa shape index (κ1) is 19.2. The Bertz CT molecular complexity index is 767. The summed E-state index contributed by atoms with van der Waals surface area (Å²) in [6.07, 6.45) is 4.58. The van der Waals surface area contributed by atoms with Crippen LogP contribution in [0.25, 0.3) is 0 Å². The lowest BCUT2D eigenvalue weighted by Gasteiger charge is -2.41. The lowest BCUT2D eigenvalue weighted by atomic mass is 9.88. The van der Waals surface area contributed by atoms with E-state index in [-0.39, 0.29) is 11.7 Å². The van der Waals surface area contributed by atoms with E-state index < -0.39 is 0 Å². The Labute approximate surface area is 168 Å². The van der Waals surface area contributed by atoms with Crippen LogP contribution in [0, 0.1) is 5.92 Å². The molecule has 4 nitrogen and oxygen atoms in total. The van der Waals surface area contributed by atoms with Gasteiger partial charge in [-0.15, -0.1) is 0 Å². The van der Waals surface area contributed by atoms with Gasteiger partial charge in [-0.05, 0) is 88.8 Å². The van der Waals surface area contributed by atoms with E-state index in [0.717, 1.165) is 43.0 Å². The predicted octanol–water partition coefficient (Wildman–Crippen LogP) is 4.47. The Kier molecular flexibility index (Phi) is 6.08. The van der Waals surface area contributed by atoms with Crippen LogP contribution >= 0.6 is 0 Å². The molecule has 28 heavy (non-hydrogen) atoms. The van der Waals surface area contributed by atoms with E-state index in [1.165, 1.54) is 25.9 Å². The zero-order valence-electron chi connectivity index (χ0n) is 16.7. The Morgan fingerprint density at radius 3 is 2.29 bits per heavy atom. The summed E-state index contributed by atoms with van der Waals surface area (Å²) in [5, 5.41) is 0. The van der Waals surface area contributed by atoms with E-state index in [1.54, 1.807) is 0 Å². The van der Waals surface area contributed by atoms with Gasteiger partial charge in [0.2, 0.25) is 0 Å². The molecule has 2 aromatic carbocycles. The summed E-state index contributed by atoms with van der Waals surface area (Å²) in [5.74, 6) is 1.97. The van der Waals surface area contributed by atoms with Crippen LogP contribution < -0.4 is 4.74 Å². The summed E-state index contributed by atoms with van der Waals surface area (Å²) in [7, 11) is 2.20. The minimum absolute atomic E-state index is 0.120. The van der Waals surface area contributed by atoms with Crippen molar-refractivity contribution in [2.75, 3.05) is 33.2 Å². The summed E-state index contributed by atoms with van der Waals surface area (Å²) in [6.45, 7) is 4.39. The molecule has 0 radical (unpaired) electrons. The Morgan fingerprint density at radius 2 is 1.57 bits per heavy atom. The quantitative estimate of drug-likeness (QED) is 0.719. The Morgan fingerprint density at radius 1 is 0.893 bits per heavy atom. The van der Waals surface area contributed by atoms with Crippen molar-refractivity contribution in [2.45, 2.75) is 31.7 Å². The number of ether oxygens (including phenoxy) is 1. The molecule has 0 amide bonds. The van der Waals surface area contributed by atoms with Crippen molar-refractivity contribution in [2.24, 2.45) is 5.92 Å². The molecule has 4 rings (SSSR count). The van der Waals surface area contributed by atoms with Crippen LogP contribution in [-0.4, -0.2) is 54.9 Å². The molecule has 0 aromatic heterocycles. The van der Waals surface area contributed by atoms with E-state index in [9.17, 15) is 4.79 Å². The average Bonchev–Trinajstić information content (AvgIpc) is 2.75. The highest BCUT2D eigenvalue weighted by atomic mass is 16.5. The van der Waals surface area contributed by atoms with Gasteiger partial charge in [0.1, 0.15) is 11.5 Å². The normalized spacial score (nSPS) is 22.1. The highest BCUT2D eigenvalue weighted by Gasteiger charge is 2.31. The monoisotopic (exact) mass is 378 g/mol. The van der Waals surface area contributed by atoms with Gasteiger partial charge < -0.3 is 9.64 Å². The number of carbonyl (C=O) groups excluding carboxylic acids is 1. The van der Waals surface area contributed by atoms with Gasteiger partial charge in [0.05, 0.1) is 0 Å². The Hall–Kier alpha value is -2.17. The molecule has 2 saturated heterocycles. The van der Waals surface area contributed by atoms with Crippen molar-refractivity contribution in [1.29, 1.82) is 0 Å². The number of para-hydroxylation sites is 1. The maximum Gasteiger partial charge on any atom is 0.167 e. The second kappa shape index (κ2) is 8.89. The van der Waals surface area contributed by atoms with E-state index in [0.29, 0.717) is 6.04 Å². The molecule has 2 aliphatic heterocycles. The van der Waals surface area contributed by atoms with Crippen molar-refractivity contribution in [1.82, 2.24) is 9.80 Å². The molecule has 0 N–H and O–H groups in total. The standard InChI is InChI=1S/C24H30N2O2/c1-25-16-13-21(14-17-25)26-15-5-6-20(18-26)24(27)19-9-11-23(12-10-19)28-22-7-3-2-4-8-22/h2-4,7-12,20-21H,5-6,13-18H2,1H3/t20-/m0/s1. The average molecular weight is 379 g/mol. The topological polar surface area (TPSA) is 32.8 Å². The molecule has 2 aliphatic rings. The molecule has 0 saturated carbocycles. The summed E-state index contributed by atoms with van der Waals surface area (Å²) >= 11 is 0. The fourth-order valence-electron chi connectivity index (χ4n) is 4.46. The summed E-state index contributed by atoms with van der Waals surface area (Å²) in [6, 6.07) is 18.0. The van der Waals surface area contributed by atoms with Crippen molar-refractivity contribution >= 4 is 5.78 Å². The van der Waals surface area contributed by atoms with Gasteiger partial charge in [-0.3, -0.25) is 9.69 Å². The number of Topliss-reactive ketones (excluding diaryl/α,β-unsaturated/α-hetero) is 1. The molecule has 1 atom stereocenters. The Balaban J connectivity index is 1.37. The molecular weight excluding hydrogens is 348 g/mol. The second-order valence-corrected chi connectivity index (χ2v) is 8.17. The van der Waals surface area contributed by atoms with Gasteiger partial charge in [-0.2, -0.15) is 0 Å². The van der Waals surface area contributed by atoms with E-state index in [1.807, 2.05) is 54.6 Å². The maximum atomic E-state index is 13.1. The van der Waals surface area contributed by atoms with Crippen LogP contribution in [0.3, 0.4) is 0 Å². The maximum absolute atomic E-state index is 13.1. The van der Waals surface area contributed by atoms with Crippen LogP contribution in [0.5, 0.6) is 11.5 Å². The number of hydrogen-bond donors (Lipinski definition) is 0. The van der Waals surface area contributed by atoms with Crippen LogP contribution in [-0.2, 0) is 0 Å². The predicted molar refractivity (Wildman–Crippen MR) is 112 cm³/mol. The largest absolute Gasteiger partial charge is 0.457 e.